The maximum atomic E-state index is 13.3. The van der Waals surface area contributed by atoms with Crippen LogP contribution in [0.25, 0.3) is 0 Å². The van der Waals surface area contributed by atoms with E-state index in [2.05, 4.69) is 15.6 Å². The number of carboxylic acids is 1. The normalized spacial score (nSPS) is 10.3. The van der Waals surface area contributed by atoms with Crippen LogP contribution in [0.1, 0.15) is 10.5 Å². The number of anilines is 1. The minimum atomic E-state index is -1.12. The van der Waals surface area contributed by atoms with E-state index in [0.717, 1.165) is 0 Å². The van der Waals surface area contributed by atoms with Crippen LogP contribution in [0.15, 0.2) is 30.5 Å². The molecule has 0 saturated heterocycles. The number of benzene rings is 1. The molecule has 1 aromatic heterocycles. The quantitative estimate of drug-likeness (QED) is 0.834. The first kappa shape index (κ1) is 12.0. The van der Waals surface area contributed by atoms with E-state index in [4.69, 9.17) is 5.11 Å². The zero-order valence-corrected chi connectivity index (χ0v) is 9.38. The van der Waals surface area contributed by atoms with Crippen LogP contribution in [0.2, 0.25) is 0 Å². The van der Waals surface area contributed by atoms with Crippen LogP contribution in [-0.2, 0) is 6.54 Å². The van der Waals surface area contributed by atoms with E-state index in [1.807, 2.05) is 0 Å². The highest BCUT2D eigenvalue weighted by Crippen LogP contribution is 2.11. The summed E-state index contributed by atoms with van der Waals surface area (Å²) in [6, 6.07) is 6.32. The number of aromatic carboxylic acids is 1. The molecule has 0 amide bonds. The lowest BCUT2D eigenvalue weighted by molar-refractivity contribution is 0.0690. The van der Waals surface area contributed by atoms with E-state index in [1.165, 1.54) is 16.9 Å². The Hall–Kier alpha value is -2.44. The van der Waals surface area contributed by atoms with E-state index in [9.17, 15) is 9.18 Å². The second-order valence-electron chi connectivity index (χ2n) is 3.58. The molecule has 0 fully saturated rings. The van der Waals surface area contributed by atoms with E-state index in [-0.39, 0.29) is 11.5 Å². The maximum Gasteiger partial charge on any atom is 0.358 e. The molecule has 0 saturated carbocycles. The van der Waals surface area contributed by atoms with E-state index < -0.39 is 5.97 Å². The summed E-state index contributed by atoms with van der Waals surface area (Å²) in [5.41, 5.74) is 0.289. The van der Waals surface area contributed by atoms with Crippen molar-refractivity contribution in [2.24, 2.45) is 0 Å². The van der Waals surface area contributed by atoms with Gasteiger partial charge in [0, 0.05) is 6.54 Å². The van der Waals surface area contributed by atoms with Crippen molar-refractivity contribution in [2.45, 2.75) is 6.54 Å². The third-order valence-corrected chi connectivity index (χ3v) is 2.29. The van der Waals surface area contributed by atoms with Gasteiger partial charge in [-0.3, -0.25) is 0 Å². The zero-order valence-electron chi connectivity index (χ0n) is 9.38. The van der Waals surface area contributed by atoms with E-state index in [0.29, 0.717) is 18.8 Å². The van der Waals surface area contributed by atoms with E-state index in [1.54, 1.807) is 18.2 Å². The number of carbonyl (C=O) groups is 1. The van der Waals surface area contributed by atoms with Crippen molar-refractivity contribution in [2.75, 3.05) is 11.9 Å². The summed E-state index contributed by atoms with van der Waals surface area (Å²) in [4.78, 5) is 10.6. The van der Waals surface area contributed by atoms with Gasteiger partial charge in [-0.2, -0.15) is 0 Å². The molecule has 0 unspecified atom stereocenters. The van der Waals surface area contributed by atoms with Crippen molar-refractivity contribution in [3.8, 4) is 0 Å². The van der Waals surface area contributed by atoms with Crippen molar-refractivity contribution in [3.05, 3.63) is 42.0 Å². The Bertz CT molecular complexity index is 555. The molecule has 0 spiro atoms. The topological polar surface area (TPSA) is 80.0 Å². The molecule has 2 aromatic rings. The molecular weight excluding hydrogens is 239 g/mol. The van der Waals surface area contributed by atoms with Gasteiger partial charge in [0.1, 0.15) is 5.82 Å². The second kappa shape index (κ2) is 5.26. The molecule has 1 aromatic carbocycles. The van der Waals surface area contributed by atoms with Gasteiger partial charge in [0.2, 0.25) is 0 Å². The lowest BCUT2D eigenvalue weighted by Crippen LogP contribution is -2.11. The number of aromatic nitrogens is 3. The first-order valence-electron chi connectivity index (χ1n) is 5.28. The fourth-order valence-corrected chi connectivity index (χ4v) is 1.42. The van der Waals surface area contributed by atoms with Gasteiger partial charge in [0.15, 0.2) is 5.69 Å². The highest BCUT2D eigenvalue weighted by Gasteiger charge is 2.07. The molecule has 2 rings (SSSR count). The molecule has 0 aliphatic carbocycles. The molecule has 94 valence electrons. The maximum absolute atomic E-state index is 13.3. The number of halogens is 1. The molecular formula is C11H11FN4O2. The van der Waals surface area contributed by atoms with Crippen LogP contribution < -0.4 is 5.32 Å². The van der Waals surface area contributed by atoms with Gasteiger partial charge in [-0.25, -0.2) is 13.9 Å². The highest BCUT2D eigenvalue weighted by atomic mass is 19.1. The lowest BCUT2D eigenvalue weighted by Gasteiger charge is -2.06. The molecule has 7 heteroatoms. The Morgan fingerprint density at radius 3 is 2.89 bits per heavy atom. The molecule has 0 radical (unpaired) electrons. The van der Waals surface area contributed by atoms with Crippen molar-refractivity contribution in [3.63, 3.8) is 0 Å². The van der Waals surface area contributed by atoms with Crippen molar-refractivity contribution < 1.29 is 14.3 Å². The van der Waals surface area contributed by atoms with E-state index >= 15 is 0 Å². The van der Waals surface area contributed by atoms with Crippen molar-refractivity contribution in [1.82, 2.24) is 15.0 Å². The predicted molar refractivity (Wildman–Crippen MR) is 61.9 cm³/mol. The Kier molecular flexibility index (Phi) is 3.52. The Balaban J connectivity index is 1.88. The lowest BCUT2D eigenvalue weighted by atomic mass is 10.3. The fourth-order valence-electron chi connectivity index (χ4n) is 1.42. The first-order chi connectivity index (χ1) is 8.66. The van der Waals surface area contributed by atoms with Crippen LogP contribution in [0.3, 0.4) is 0 Å². The molecule has 1 heterocycles. The van der Waals surface area contributed by atoms with Crippen LogP contribution >= 0.6 is 0 Å². The number of hydrogen-bond donors (Lipinski definition) is 2. The monoisotopic (exact) mass is 250 g/mol. The zero-order chi connectivity index (χ0) is 13.0. The van der Waals surface area contributed by atoms with Crippen LogP contribution in [0, 0.1) is 5.82 Å². The van der Waals surface area contributed by atoms with Gasteiger partial charge in [-0.05, 0) is 12.1 Å². The van der Waals surface area contributed by atoms with Gasteiger partial charge in [0.25, 0.3) is 0 Å². The van der Waals surface area contributed by atoms with Gasteiger partial charge in [-0.15, -0.1) is 5.10 Å². The second-order valence-corrected chi connectivity index (χ2v) is 3.58. The number of hydrogen-bond acceptors (Lipinski definition) is 4. The summed E-state index contributed by atoms with van der Waals surface area (Å²) in [6.07, 6.45) is 1.32. The summed E-state index contributed by atoms with van der Waals surface area (Å²) >= 11 is 0. The fraction of sp³-hybridized carbons (Fsp3) is 0.182. The number of rotatable bonds is 5. The van der Waals surface area contributed by atoms with Gasteiger partial charge in [-0.1, -0.05) is 17.3 Å². The molecule has 0 aliphatic rings. The number of para-hydroxylation sites is 1. The van der Waals surface area contributed by atoms with Crippen LogP contribution in [0.5, 0.6) is 0 Å². The predicted octanol–water partition coefficient (Wildman–Crippen LogP) is 1.23. The molecule has 6 nitrogen and oxygen atoms in total. The highest BCUT2D eigenvalue weighted by molar-refractivity contribution is 5.84. The third kappa shape index (κ3) is 2.82. The molecule has 0 aliphatic heterocycles. The average Bonchev–Trinajstić information content (AvgIpc) is 2.80. The first-order valence-corrected chi connectivity index (χ1v) is 5.28. The van der Waals surface area contributed by atoms with Crippen molar-refractivity contribution in [1.29, 1.82) is 0 Å². The molecule has 2 N–H and O–H groups in total. The SMILES string of the molecule is O=C(O)c1cn(CCNc2ccccc2F)nn1. The average molecular weight is 250 g/mol. The number of nitrogens with one attached hydrogen (secondary N) is 1. The minimum Gasteiger partial charge on any atom is -0.476 e. The molecule has 0 bridgehead atoms. The largest absolute Gasteiger partial charge is 0.476 e. The molecule has 0 atom stereocenters. The Morgan fingerprint density at radius 1 is 1.44 bits per heavy atom. The summed E-state index contributed by atoms with van der Waals surface area (Å²) in [5, 5.41) is 18.7. The Morgan fingerprint density at radius 2 is 2.22 bits per heavy atom. The van der Waals surface area contributed by atoms with Gasteiger partial charge < -0.3 is 10.4 Å². The third-order valence-electron chi connectivity index (χ3n) is 2.29. The van der Waals surface area contributed by atoms with Gasteiger partial charge in [0.05, 0.1) is 18.4 Å². The summed E-state index contributed by atoms with van der Waals surface area (Å²) in [6.45, 7) is 0.817. The summed E-state index contributed by atoms with van der Waals surface area (Å²) in [5.74, 6) is -1.45. The van der Waals surface area contributed by atoms with Crippen LogP contribution in [-0.4, -0.2) is 32.6 Å². The van der Waals surface area contributed by atoms with Crippen LogP contribution in [0.4, 0.5) is 10.1 Å². The van der Waals surface area contributed by atoms with Gasteiger partial charge >= 0.3 is 5.97 Å². The Labute approximate surface area is 102 Å². The van der Waals surface area contributed by atoms with Crippen molar-refractivity contribution >= 4 is 11.7 Å². The summed E-state index contributed by atoms with van der Waals surface area (Å²) < 4.78 is 14.6. The smallest absolute Gasteiger partial charge is 0.358 e. The number of carboxylic acid groups (broad SMARTS) is 1. The summed E-state index contributed by atoms with van der Waals surface area (Å²) in [7, 11) is 0. The standard InChI is InChI=1S/C11H11FN4O2/c12-8-3-1-2-4-9(8)13-5-6-16-7-10(11(17)18)14-15-16/h1-4,7,13H,5-6H2,(H,17,18). The minimum absolute atomic E-state index is 0.110. The number of nitrogens with zero attached hydrogens (tertiary/aromatic N) is 3. The molecule has 18 heavy (non-hydrogen) atoms.